The van der Waals surface area contributed by atoms with Gasteiger partial charge in [0.15, 0.2) is 11.5 Å². The first-order valence-corrected chi connectivity index (χ1v) is 12.7. The van der Waals surface area contributed by atoms with Crippen LogP contribution in [0.25, 0.3) is 0 Å². The Morgan fingerprint density at radius 1 is 1.11 bits per heavy atom. The number of halogens is 3. The summed E-state index contributed by atoms with van der Waals surface area (Å²) in [7, 11) is 3.21. The van der Waals surface area contributed by atoms with Crippen molar-refractivity contribution in [3.05, 3.63) is 66.9 Å². The fourth-order valence-corrected chi connectivity index (χ4v) is 5.21. The van der Waals surface area contributed by atoms with E-state index < -0.39 is 11.9 Å². The number of nitrogens with one attached hydrogen (secondary N) is 1. The second-order valence-electron chi connectivity index (χ2n) is 7.80. The van der Waals surface area contributed by atoms with E-state index in [1.807, 2.05) is 6.92 Å². The minimum absolute atomic E-state index is 0.0266. The highest BCUT2D eigenvalue weighted by atomic mass is 35.5. The predicted octanol–water partition coefficient (Wildman–Crippen LogP) is 6.71. The van der Waals surface area contributed by atoms with Crippen molar-refractivity contribution in [2.45, 2.75) is 26.9 Å². The molecule has 0 unspecified atom stereocenters. The summed E-state index contributed by atoms with van der Waals surface area (Å²) in [5, 5.41) is 3.69. The Morgan fingerprint density at radius 3 is 2.39 bits per heavy atom. The average Bonchev–Trinajstić information content (AvgIpc) is 3.40. The predicted molar refractivity (Wildman–Crippen MR) is 140 cm³/mol. The van der Waals surface area contributed by atoms with E-state index in [1.165, 1.54) is 23.1 Å². The zero-order chi connectivity index (χ0) is 26.6. The van der Waals surface area contributed by atoms with Crippen LogP contribution in [0.4, 0.5) is 5.00 Å². The third-order valence-electron chi connectivity index (χ3n) is 4.82. The van der Waals surface area contributed by atoms with Crippen molar-refractivity contribution in [2.24, 2.45) is 0 Å². The van der Waals surface area contributed by atoms with Crippen LogP contribution in [0.3, 0.4) is 0 Å². The van der Waals surface area contributed by atoms with Crippen LogP contribution in [0, 0.1) is 6.92 Å². The van der Waals surface area contributed by atoms with Crippen LogP contribution in [-0.2, 0) is 11.3 Å². The summed E-state index contributed by atoms with van der Waals surface area (Å²) in [5.74, 6) is -0.994. The molecular formula is C24H23Cl3N2O6S. The fraction of sp³-hybridized carbons (Fsp3) is 0.292. The van der Waals surface area contributed by atoms with Crippen LogP contribution in [0.5, 0.6) is 5.75 Å². The smallest absolute Gasteiger partial charge is 0.341 e. The topological polar surface area (TPSA) is 98.1 Å². The molecule has 0 radical (unpaired) electrons. The highest BCUT2D eigenvalue weighted by Gasteiger charge is 2.28. The Labute approximate surface area is 227 Å². The van der Waals surface area contributed by atoms with Crippen LogP contribution >= 0.6 is 46.1 Å². The number of ether oxygens (including phenoxy) is 2. The number of hydrogen-bond donors (Lipinski definition) is 1. The zero-order valence-electron chi connectivity index (χ0n) is 19.9. The van der Waals surface area contributed by atoms with Gasteiger partial charge in [0.25, 0.3) is 11.8 Å². The molecule has 1 N–H and O–H groups in total. The summed E-state index contributed by atoms with van der Waals surface area (Å²) in [5.41, 5.74) is 0.564. The minimum Gasteiger partial charge on any atom is -0.483 e. The third kappa shape index (κ3) is 6.34. The van der Waals surface area contributed by atoms with Gasteiger partial charge in [-0.25, -0.2) is 4.79 Å². The number of amides is 2. The van der Waals surface area contributed by atoms with E-state index in [0.717, 1.165) is 11.3 Å². The van der Waals surface area contributed by atoms with Crippen LogP contribution in [0.1, 0.15) is 55.3 Å². The molecule has 0 spiro atoms. The quantitative estimate of drug-likeness (QED) is 0.286. The molecule has 2 aromatic heterocycles. The molecule has 12 heteroatoms. The lowest BCUT2D eigenvalue weighted by Crippen LogP contribution is -2.21. The van der Waals surface area contributed by atoms with Crippen LogP contribution in [0.15, 0.2) is 28.7 Å². The maximum atomic E-state index is 12.9. The molecule has 8 nitrogen and oxygen atoms in total. The standard InChI is InChI=1S/C24H23Cl3N2O6S/c1-5-8-33-24(32)18-12(2)20(23(31)29(3)4)36-22(18)28-21(30)17-7-6-14(35-17)11-34-19-15(26)9-13(25)10-16(19)27/h6-7,9-10H,5,8,11H2,1-4H3,(H,28,30). The summed E-state index contributed by atoms with van der Waals surface area (Å²) in [6.45, 7) is 3.66. The van der Waals surface area contributed by atoms with Gasteiger partial charge in [-0.1, -0.05) is 41.7 Å². The molecule has 2 heterocycles. The van der Waals surface area contributed by atoms with Crippen molar-refractivity contribution in [1.82, 2.24) is 4.90 Å². The fourth-order valence-electron chi connectivity index (χ4n) is 3.07. The van der Waals surface area contributed by atoms with E-state index in [9.17, 15) is 14.4 Å². The maximum Gasteiger partial charge on any atom is 0.341 e. The maximum absolute atomic E-state index is 12.9. The van der Waals surface area contributed by atoms with Gasteiger partial charge in [-0.05, 0) is 43.2 Å². The molecule has 2 amide bonds. The van der Waals surface area contributed by atoms with Gasteiger partial charge in [-0.2, -0.15) is 0 Å². The SMILES string of the molecule is CCCOC(=O)c1c(NC(=O)c2ccc(COc3c(Cl)cc(Cl)cc3Cl)o2)sc(C(=O)N(C)C)c1C. The lowest BCUT2D eigenvalue weighted by atomic mass is 10.1. The number of nitrogens with zero attached hydrogens (tertiary/aromatic N) is 1. The van der Waals surface area contributed by atoms with Gasteiger partial charge in [0, 0.05) is 19.1 Å². The van der Waals surface area contributed by atoms with E-state index in [2.05, 4.69) is 5.32 Å². The third-order valence-corrected chi connectivity index (χ3v) is 6.80. The average molecular weight is 574 g/mol. The normalized spacial score (nSPS) is 10.8. The second kappa shape index (κ2) is 12.0. The van der Waals surface area contributed by atoms with E-state index in [-0.39, 0.29) is 51.2 Å². The monoisotopic (exact) mass is 572 g/mol. The van der Waals surface area contributed by atoms with E-state index in [1.54, 1.807) is 27.1 Å². The number of carbonyl (C=O) groups excluding carboxylic acids is 3. The summed E-state index contributed by atoms with van der Waals surface area (Å²) < 4.78 is 16.5. The number of thiophene rings is 1. The first-order chi connectivity index (χ1) is 17.0. The van der Waals surface area contributed by atoms with Crippen molar-refractivity contribution in [1.29, 1.82) is 0 Å². The first kappa shape index (κ1) is 27.9. The van der Waals surface area contributed by atoms with E-state index >= 15 is 0 Å². The number of benzene rings is 1. The number of furan rings is 1. The first-order valence-electron chi connectivity index (χ1n) is 10.7. The molecule has 0 fully saturated rings. The van der Waals surface area contributed by atoms with E-state index in [4.69, 9.17) is 48.7 Å². The van der Waals surface area contributed by atoms with Gasteiger partial charge in [0.1, 0.15) is 17.4 Å². The highest BCUT2D eigenvalue weighted by molar-refractivity contribution is 7.18. The van der Waals surface area contributed by atoms with Crippen LogP contribution in [0.2, 0.25) is 15.1 Å². The van der Waals surface area contributed by atoms with Crippen molar-refractivity contribution < 1.29 is 28.3 Å². The molecule has 1 aromatic carbocycles. The molecule has 3 rings (SSSR count). The number of hydrogen-bond acceptors (Lipinski definition) is 7. The Hall–Kier alpha value is -2.72. The second-order valence-corrected chi connectivity index (χ2v) is 10.1. The van der Waals surface area contributed by atoms with Crippen molar-refractivity contribution in [2.75, 3.05) is 26.0 Å². The molecule has 3 aromatic rings. The number of carbonyl (C=O) groups is 3. The molecule has 0 aliphatic carbocycles. The molecule has 0 saturated carbocycles. The Kier molecular flexibility index (Phi) is 9.30. The van der Waals surface area contributed by atoms with Gasteiger partial charge in [0.2, 0.25) is 0 Å². The van der Waals surface area contributed by atoms with Gasteiger partial charge >= 0.3 is 5.97 Å². The lowest BCUT2D eigenvalue weighted by Gasteiger charge is -2.09. The van der Waals surface area contributed by atoms with E-state index in [0.29, 0.717) is 27.6 Å². The van der Waals surface area contributed by atoms with Crippen LogP contribution in [-0.4, -0.2) is 43.4 Å². The summed E-state index contributed by atoms with van der Waals surface area (Å²) in [6, 6.07) is 6.00. The van der Waals surface area contributed by atoms with Gasteiger partial charge in [0.05, 0.1) is 27.1 Å². The lowest BCUT2D eigenvalue weighted by molar-refractivity contribution is 0.0506. The Morgan fingerprint density at radius 2 is 1.78 bits per heavy atom. The molecule has 0 aliphatic heterocycles. The molecule has 0 saturated heterocycles. The van der Waals surface area contributed by atoms with Crippen LogP contribution < -0.4 is 10.1 Å². The number of esters is 1. The summed E-state index contributed by atoms with van der Waals surface area (Å²) in [6.07, 6.45) is 0.629. The highest BCUT2D eigenvalue weighted by Crippen LogP contribution is 2.37. The molecule has 192 valence electrons. The zero-order valence-corrected chi connectivity index (χ0v) is 23.0. The molecule has 36 heavy (non-hydrogen) atoms. The van der Waals surface area contributed by atoms with Crippen molar-refractivity contribution >= 4 is 68.9 Å². The number of rotatable bonds is 9. The molecule has 0 atom stereocenters. The van der Waals surface area contributed by atoms with Crippen molar-refractivity contribution in [3.63, 3.8) is 0 Å². The van der Waals surface area contributed by atoms with Gasteiger partial charge in [-0.15, -0.1) is 11.3 Å². The Bertz CT molecular complexity index is 1280. The Balaban J connectivity index is 1.80. The molecular weight excluding hydrogens is 551 g/mol. The summed E-state index contributed by atoms with van der Waals surface area (Å²) >= 11 is 19.1. The van der Waals surface area contributed by atoms with Gasteiger partial charge in [-0.3, -0.25) is 9.59 Å². The van der Waals surface area contributed by atoms with Crippen molar-refractivity contribution in [3.8, 4) is 5.75 Å². The summed E-state index contributed by atoms with van der Waals surface area (Å²) in [4.78, 5) is 39.9. The minimum atomic E-state index is -0.621. The number of anilines is 1. The largest absolute Gasteiger partial charge is 0.483 e. The molecule has 0 bridgehead atoms. The van der Waals surface area contributed by atoms with Gasteiger partial charge < -0.3 is 24.1 Å². The molecule has 0 aliphatic rings.